The van der Waals surface area contributed by atoms with Crippen molar-refractivity contribution in [2.45, 2.75) is 5.54 Å². The fourth-order valence-electron chi connectivity index (χ4n) is 3.18. The summed E-state index contributed by atoms with van der Waals surface area (Å²) < 4.78 is 0. The maximum Gasteiger partial charge on any atom is 0.267 e. The number of carbonyl (C=O) groups is 2. The van der Waals surface area contributed by atoms with Crippen molar-refractivity contribution in [2.75, 3.05) is 5.32 Å². The van der Waals surface area contributed by atoms with Crippen molar-refractivity contribution in [3.63, 3.8) is 0 Å². The van der Waals surface area contributed by atoms with Gasteiger partial charge in [0, 0.05) is 11.8 Å². The van der Waals surface area contributed by atoms with Crippen molar-refractivity contribution in [1.29, 1.82) is 0 Å². The first-order chi connectivity index (χ1) is 14.1. The average Bonchev–Trinajstić information content (AvgIpc) is 2.77. The van der Waals surface area contributed by atoms with Gasteiger partial charge in [-0.2, -0.15) is 0 Å². The smallest absolute Gasteiger partial charge is 0.267 e. The molecule has 0 bridgehead atoms. The van der Waals surface area contributed by atoms with Gasteiger partial charge in [0.05, 0.1) is 0 Å². The van der Waals surface area contributed by atoms with Crippen molar-refractivity contribution >= 4 is 23.6 Å². The first-order valence-corrected chi connectivity index (χ1v) is 8.97. The third kappa shape index (κ3) is 4.34. The van der Waals surface area contributed by atoms with E-state index in [0.29, 0.717) is 22.4 Å². The van der Waals surface area contributed by atoms with Crippen molar-refractivity contribution in [1.82, 2.24) is 5.48 Å². The van der Waals surface area contributed by atoms with Gasteiger partial charge in [0.1, 0.15) is 0 Å². The summed E-state index contributed by atoms with van der Waals surface area (Å²) in [6.45, 7) is 0. The molecule has 0 aliphatic rings. The van der Waals surface area contributed by atoms with Crippen LogP contribution < -0.4 is 16.5 Å². The zero-order chi connectivity index (χ0) is 20.7. The molecule has 6 heteroatoms. The largest absolute Gasteiger partial charge is 0.367 e. The minimum absolute atomic E-state index is 0.546. The summed E-state index contributed by atoms with van der Waals surface area (Å²) >= 11 is 0. The van der Waals surface area contributed by atoms with Crippen LogP contribution in [0.15, 0.2) is 91.0 Å². The Hall–Kier alpha value is -3.90. The molecular weight excluding hydrogens is 366 g/mol. The Kier molecular flexibility index (Phi) is 6.06. The monoisotopic (exact) mass is 387 g/mol. The van der Waals surface area contributed by atoms with Crippen LogP contribution in [-0.4, -0.2) is 17.0 Å². The van der Waals surface area contributed by atoms with Gasteiger partial charge in [0.2, 0.25) is 0 Å². The van der Waals surface area contributed by atoms with Crippen LogP contribution >= 0.6 is 0 Å². The van der Waals surface area contributed by atoms with E-state index >= 15 is 0 Å². The van der Waals surface area contributed by atoms with Crippen LogP contribution in [0.3, 0.4) is 0 Å². The Morgan fingerprint density at radius 3 is 1.97 bits per heavy atom. The Morgan fingerprint density at radius 2 is 1.45 bits per heavy atom. The number of hydrogen-bond acceptors (Lipinski definition) is 4. The molecule has 0 saturated heterocycles. The highest BCUT2D eigenvalue weighted by Crippen LogP contribution is 2.34. The lowest BCUT2D eigenvalue weighted by Gasteiger charge is -2.34. The number of rotatable bonds is 7. The maximum atomic E-state index is 12.8. The molecule has 0 spiro atoms. The van der Waals surface area contributed by atoms with Crippen LogP contribution in [0, 0.1) is 0 Å². The number of benzene rings is 3. The van der Waals surface area contributed by atoms with E-state index in [2.05, 4.69) is 5.32 Å². The summed E-state index contributed by atoms with van der Waals surface area (Å²) in [7, 11) is 0. The Labute approximate surface area is 168 Å². The molecule has 0 aromatic heterocycles. The SMILES string of the molecule is NC(=O)C(Nc1cccc(/C=C/C(=O)NO)c1)(c1ccccc1)c1ccccc1. The summed E-state index contributed by atoms with van der Waals surface area (Å²) in [5.74, 6) is -1.18. The number of hydrogen-bond donors (Lipinski definition) is 4. The van der Waals surface area contributed by atoms with Gasteiger partial charge < -0.3 is 11.1 Å². The number of anilines is 1. The van der Waals surface area contributed by atoms with Crippen molar-refractivity contribution in [3.8, 4) is 0 Å². The van der Waals surface area contributed by atoms with E-state index in [0.717, 1.165) is 0 Å². The fourth-order valence-corrected chi connectivity index (χ4v) is 3.18. The number of carbonyl (C=O) groups excluding carboxylic acids is 2. The first kappa shape index (κ1) is 19.9. The molecular formula is C23H21N3O3. The van der Waals surface area contributed by atoms with E-state index in [4.69, 9.17) is 10.9 Å². The van der Waals surface area contributed by atoms with E-state index in [1.807, 2.05) is 66.7 Å². The van der Waals surface area contributed by atoms with Crippen molar-refractivity contribution in [3.05, 3.63) is 108 Å². The van der Waals surface area contributed by atoms with Gasteiger partial charge in [-0.25, -0.2) is 5.48 Å². The van der Waals surface area contributed by atoms with Crippen LogP contribution in [0.5, 0.6) is 0 Å². The third-order valence-electron chi connectivity index (χ3n) is 4.54. The highest BCUT2D eigenvalue weighted by molar-refractivity contribution is 5.94. The summed E-state index contributed by atoms with van der Waals surface area (Å²) in [5, 5.41) is 11.9. The van der Waals surface area contributed by atoms with Gasteiger partial charge in [-0.1, -0.05) is 72.8 Å². The molecule has 0 unspecified atom stereocenters. The number of nitrogens with two attached hydrogens (primary N) is 1. The van der Waals surface area contributed by atoms with Gasteiger partial charge in [0.25, 0.3) is 11.8 Å². The molecule has 3 rings (SSSR count). The minimum Gasteiger partial charge on any atom is -0.367 e. The number of primary amides is 1. The molecule has 0 atom stereocenters. The molecule has 3 aromatic carbocycles. The lowest BCUT2D eigenvalue weighted by molar-refractivity contribution is -0.124. The van der Waals surface area contributed by atoms with E-state index in [-0.39, 0.29) is 0 Å². The van der Waals surface area contributed by atoms with Crippen LogP contribution in [-0.2, 0) is 15.1 Å². The molecule has 6 nitrogen and oxygen atoms in total. The second-order valence-corrected chi connectivity index (χ2v) is 6.41. The number of hydroxylamine groups is 1. The highest BCUT2D eigenvalue weighted by Gasteiger charge is 2.40. The molecule has 0 aliphatic carbocycles. The lowest BCUT2D eigenvalue weighted by atomic mass is 9.81. The van der Waals surface area contributed by atoms with E-state index in [9.17, 15) is 9.59 Å². The Bertz CT molecular complexity index is 978. The number of nitrogens with one attached hydrogen (secondary N) is 2. The molecule has 0 radical (unpaired) electrons. The predicted octanol–water partition coefficient (Wildman–Crippen LogP) is 3.05. The number of amides is 2. The van der Waals surface area contributed by atoms with Crippen LogP contribution in [0.25, 0.3) is 6.08 Å². The zero-order valence-electron chi connectivity index (χ0n) is 15.6. The highest BCUT2D eigenvalue weighted by atomic mass is 16.5. The molecule has 0 aliphatic heterocycles. The summed E-state index contributed by atoms with van der Waals surface area (Å²) in [5.41, 5.74) is 8.96. The normalized spacial score (nSPS) is 11.2. The molecule has 0 heterocycles. The molecule has 146 valence electrons. The van der Waals surface area contributed by atoms with Crippen LogP contribution in [0.2, 0.25) is 0 Å². The predicted molar refractivity (Wildman–Crippen MR) is 112 cm³/mol. The fraction of sp³-hybridized carbons (Fsp3) is 0.0435. The van der Waals surface area contributed by atoms with E-state index in [1.165, 1.54) is 6.08 Å². The Balaban J connectivity index is 2.08. The summed E-state index contributed by atoms with van der Waals surface area (Å²) in [6.07, 6.45) is 2.75. The van der Waals surface area contributed by atoms with Gasteiger partial charge in [-0.3, -0.25) is 14.8 Å². The Morgan fingerprint density at radius 1 is 0.862 bits per heavy atom. The van der Waals surface area contributed by atoms with Gasteiger partial charge in [-0.15, -0.1) is 0 Å². The minimum atomic E-state index is -1.28. The topological polar surface area (TPSA) is 104 Å². The summed E-state index contributed by atoms with van der Waals surface area (Å²) in [4.78, 5) is 24.1. The quantitative estimate of drug-likeness (QED) is 0.284. The molecule has 2 amide bonds. The lowest BCUT2D eigenvalue weighted by Crippen LogP contribution is -2.48. The van der Waals surface area contributed by atoms with Crippen molar-refractivity contribution in [2.24, 2.45) is 5.73 Å². The molecule has 0 fully saturated rings. The maximum absolute atomic E-state index is 12.8. The second kappa shape index (κ2) is 8.86. The zero-order valence-corrected chi connectivity index (χ0v) is 15.6. The third-order valence-corrected chi connectivity index (χ3v) is 4.54. The van der Waals surface area contributed by atoms with Gasteiger partial charge >= 0.3 is 0 Å². The molecule has 5 N–H and O–H groups in total. The molecule has 29 heavy (non-hydrogen) atoms. The van der Waals surface area contributed by atoms with E-state index in [1.54, 1.807) is 29.8 Å². The van der Waals surface area contributed by atoms with Gasteiger partial charge in [0.15, 0.2) is 5.54 Å². The van der Waals surface area contributed by atoms with Crippen LogP contribution in [0.4, 0.5) is 5.69 Å². The molecule has 0 saturated carbocycles. The van der Waals surface area contributed by atoms with Crippen molar-refractivity contribution < 1.29 is 14.8 Å². The molecule has 3 aromatic rings. The first-order valence-electron chi connectivity index (χ1n) is 8.97. The van der Waals surface area contributed by atoms with E-state index < -0.39 is 17.4 Å². The van der Waals surface area contributed by atoms with Gasteiger partial charge in [-0.05, 0) is 34.9 Å². The van der Waals surface area contributed by atoms with Crippen LogP contribution in [0.1, 0.15) is 16.7 Å². The second-order valence-electron chi connectivity index (χ2n) is 6.41. The average molecular weight is 387 g/mol. The summed E-state index contributed by atoms with van der Waals surface area (Å²) in [6, 6.07) is 25.7. The standard InChI is InChI=1S/C23H21N3O3/c24-22(28)23(18-9-3-1-4-10-18,19-11-5-2-6-12-19)25-20-13-7-8-17(16-20)14-15-21(27)26-29/h1-16,25,29H,(H2,24,28)(H,26,27)/b15-14+.